The van der Waals surface area contributed by atoms with E-state index < -0.39 is 58.0 Å². The summed E-state index contributed by atoms with van der Waals surface area (Å²) in [6, 6.07) is 6.24. The summed E-state index contributed by atoms with van der Waals surface area (Å²) in [6.07, 6.45) is 4.69. The average Bonchev–Trinajstić information content (AvgIpc) is 3.26. The predicted octanol–water partition coefficient (Wildman–Crippen LogP) is 1.48. The summed E-state index contributed by atoms with van der Waals surface area (Å²) in [5.74, 6) is -6.45. The number of aromatic hydroxyl groups is 1. The van der Waals surface area contributed by atoms with E-state index in [1.807, 2.05) is 25.4 Å². The molecule has 6 N–H and O–H groups in total. The number of hydrogen-bond donors (Lipinski definition) is 5. The fourth-order valence-electron chi connectivity index (χ4n) is 6.76. The number of Topliss-reactive ketones (excluding diaryl/α,β-unsaturated/α-hetero) is 2. The van der Waals surface area contributed by atoms with Crippen LogP contribution in [0.5, 0.6) is 5.75 Å². The smallest absolute Gasteiger partial charge is 0.255 e. The van der Waals surface area contributed by atoms with Crippen molar-refractivity contribution in [2.45, 2.75) is 43.7 Å². The van der Waals surface area contributed by atoms with Crippen molar-refractivity contribution in [1.29, 1.82) is 0 Å². The minimum atomic E-state index is -2.63. The lowest BCUT2D eigenvalue weighted by atomic mass is 9.57. The van der Waals surface area contributed by atoms with Gasteiger partial charge in [0.05, 0.1) is 11.6 Å². The number of benzene rings is 1. The van der Waals surface area contributed by atoms with Crippen LogP contribution in [0.15, 0.2) is 47.4 Å². The summed E-state index contributed by atoms with van der Waals surface area (Å²) in [7, 11) is 5.15. The van der Waals surface area contributed by atoms with E-state index in [4.69, 9.17) is 5.73 Å². The molecule has 1 aromatic carbocycles. The molecule has 5 rings (SSSR count). The van der Waals surface area contributed by atoms with Crippen molar-refractivity contribution < 1.29 is 34.8 Å². The topological polar surface area (TPSA) is 166 Å². The van der Waals surface area contributed by atoms with Crippen molar-refractivity contribution in [3.8, 4) is 5.75 Å². The van der Waals surface area contributed by atoms with Gasteiger partial charge in [-0.3, -0.25) is 19.3 Å². The number of ketones is 2. The molecular weight excluding hydrogens is 502 g/mol. The van der Waals surface area contributed by atoms with Gasteiger partial charge in [0.1, 0.15) is 22.8 Å². The lowest BCUT2D eigenvalue weighted by Crippen LogP contribution is -2.65. The largest absolute Gasteiger partial charge is 0.508 e. The number of carbonyl (C=O) groups excluding carboxylic acids is 3. The molecule has 1 amide bonds. The number of aliphatic hydroxyl groups excluding tert-OH is 2. The highest BCUT2D eigenvalue weighted by Gasteiger charge is 2.64. The number of amides is 1. The summed E-state index contributed by atoms with van der Waals surface area (Å²) in [6.45, 7) is 0. The quantitative estimate of drug-likeness (QED) is 0.347. The highest BCUT2D eigenvalue weighted by atomic mass is 16.3. The Morgan fingerprint density at radius 3 is 2.49 bits per heavy atom. The van der Waals surface area contributed by atoms with Crippen molar-refractivity contribution in [2.24, 2.45) is 24.6 Å². The van der Waals surface area contributed by atoms with E-state index in [0.717, 1.165) is 18.4 Å². The van der Waals surface area contributed by atoms with Crippen molar-refractivity contribution in [1.82, 2.24) is 9.47 Å². The van der Waals surface area contributed by atoms with E-state index in [9.17, 15) is 34.8 Å². The van der Waals surface area contributed by atoms with Gasteiger partial charge in [0, 0.05) is 30.4 Å². The standard InChI is InChI=1S/C29H33N3O7/c1-31(2)23-18-13-15-12-17-14(6-4-7-16-8-5-11-32(16)3)9-10-19(33)21(17)24(34)20(15)26(36)29(18,39)27(37)22(25(23)35)28(30)38/h5,8-11,15,18,23,33-34,37,39H,4,6-7,12-13H2,1-3H3,(H2,30,38). The predicted molar refractivity (Wildman–Crippen MR) is 142 cm³/mol. The highest BCUT2D eigenvalue weighted by Crippen LogP contribution is 2.53. The minimum absolute atomic E-state index is 0.0736. The molecule has 0 radical (unpaired) electrons. The molecule has 1 saturated carbocycles. The number of primary amides is 1. The minimum Gasteiger partial charge on any atom is -0.508 e. The normalized spacial score (nSPS) is 26.5. The molecular formula is C29H33N3O7. The second-order valence-electron chi connectivity index (χ2n) is 11.0. The van der Waals surface area contributed by atoms with Crippen LogP contribution in [0.2, 0.25) is 0 Å². The fourth-order valence-corrected chi connectivity index (χ4v) is 6.76. The molecule has 10 nitrogen and oxygen atoms in total. The zero-order valence-electron chi connectivity index (χ0n) is 22.1. The van der Waals surface area contributed by atoms with Crippen molar-refractivity contribution >= 4 is 23.2 Å². The van der Waals surface area contributed by atoms with Crippen LogP contribution in [0.3, 0.4) is 0 Å². The van der Waals surface area contributed by atoms with E-state index in [-0.39, 0.29) is 23.3 Å². The van der Waals surface area contributed by atoms with E-state index in [2.05, 4.69) is 10.6 Å². The van der Waals surface area contributed by atoms with Gasteiger partial charge < -0.3 is 30.7 Å². The van der Waals surface area contributed by atoms with Gasteiger partial charge in [0.15, 0.2) is 11.4 Å². The van der Waals surface area contributed by atoms with Crippen molar-refractivity contribution in [2.75, 3.05) is 14.1 Å². The molecule has 2 aromatic rings. The van der Waals surface area contributed by atoms with Gasteiger partial charge in [0.25, 0.3) is 5.91 Å². The molecule has 1 heterocycles. The molecule has 4 atom stereocenters. The van der Waals surface area contributed by atoms with Gasteiger partial charge in [0.2, 0.25) is 5.78 Å². The van der Waals surface area contributed by atoms with Gasteiger partial charge in [-0.2, -0.15) is 0 Å². The Bertz CT molecular complexity index is 1470. The van der Waals surface area contributed by atoms with E-state index >= 15 is 0 Å². The maximum Gasteiger partial charge on any atom is 0.255 e. The first-order chi connectivity index (χ1) is 18.4. The molecule has 4 unspecified atom stereocenters. The SMILES string of the molecule is CN(C)C1C(=O)C(C(N)=O)=C(O)C2(O)C(=O)C3=C(O)c4c(O)ccc(CCCc5cccn5C)c4CC3CC12. The summed E-state index contributed by atoms with van der Waals surface area (Å²) in [5.41, 5.74) is 4.73. The number of aliphatic hydroxyl groups is 3. The number of nitrogens with two attached hydrogens (primary N) is 1. The number of nitrogens with zero attached hydrogens (tertiary/aromatic N) is 2. The number of hydrogen-bond acceptors (Lipinski definition) is 8. The Labute approximate surface area is 225 Å². The van der Waals surface area contributed by atoms with Gasteiger partial charge in [-0.05, 0) is 81.4 Å². The van der Waals surface area contributed by atoms with Crippen LogP contribution in [0.1, 0.15) is 35.2 Å². The third-order valence-electron chi connectivity index (χ3n) is 8.63. The third-order valence-corrected chi connectivity index (χ3v) is 8.63. The van der Waals surface area contributed by atoms with Gasteiger partial charge >= 0.3 is 0 Å². The maximum absolute atomic E-state index is 13.9. The number of rotatable bonds is 6. The Morgan fingerprint density at radius 1 is 1.15 bits per heavy atom. The summed E-state index contributed by atoms with van der Waals surface area (Å²) < 4.78 is 2.06. The zero-order chi connectivity index (χ0) is 28.4. The van der Waals surface area contributed by atoms with Crippen molar-refractivity contribution in [3.05, 3.63) is 69.8 Å². The van der Waals surface area contributed by atoms with E-state index in [1.165, 1.54) is 16.7 Å². The number of phenolic OH excluding ortho intramolecular Hbond substituents is 1. The maximum atomic E-state index is 13.9. The van der Waals surface area contributed by atoms with Crippen LogP contribution < -0.4 is 5.73 Å². The Balaban J connectivity index is 1.58. The van der Waals surface area contributed by atoms with Crippen LogP contribution in [-0.4, -0.2) is 73.1 Å². The first kappa shape index (κ1) is 26.7. The third kappa shape index (κ3) is 3.89. The summed E-state index contributed by atoms with van der Waals surface area (Å²) in [4.78, 5) is 40.7. The molecule has 206 valence electrons. The highest BCUT2D eigenvalue weighted by molar-refractivity contribution is 6.24. The second-order valence-corrected chi connectivity index (χ2v) is 11.0. The molecule has 1 fully saturated rings. The number of phenols is 1. The number of likely N-dealkylation sites (N-methyl/N-ethyl adjacent to an activating group) is 1. The molecule has 0 saturated heterocycles. The fraction of sp³-hybridized carbons (Fsp3) is 0.414. The molecule has 1 aromatic heterocycles. The number of fused-ring (bicyclic) bond motifs is 3. The summed E-state index contributed by atoms with van der Waals surface area (Å²) in [5, 5.41) is 44.7. The van der Waals surface area contributed by atoms with E-state index in [1.54, 1.807) is 14.1 Å². The number of carbonyl (C=O) groups is 3. The van der Waals surface area contributed by atoms with Crippen LogP contribution in [-0.2, 0) is 40.7 Å². The van der Waals surface area contributed by atoms with Gasteiger partial charge in [-0.1, -0.05) is 6.07 Å². The molecule has 0 bridgehead atoms. The van der Waals surface area contributed by atoms with Crippen LogP contribution in [0.4, 0.5) is 0 Å². The lowest BCUT2D eigenvalue weighted by molar-refractivity contribution is -0.153. The number of aryl methyl sites for hydroxylation is 3. The molecule has 0 aliphatic heterocycles. The molecule has 3 aliphatic carbocycles. The average molecular weight is 536 g/mol. The first-order valence-electron chi connectivity index (χ1n) is 13.0. The number of aromatic nitrogens is 1. The Kier molecular flexibility index (Phi) is 6.43. The van der Waals surface area contributed by atoms with Crippen LogP contribution in [0.25, 0.3) is 5.76 Å². The Hall–Kier alpha value is -3.89. The van der Waals surface area contributed by atoms with Crippen LogP contribution in [0, 0.1) is 11.8 Å². The molecule has 39 heavy (non-hydrogen) atoms. The molecule has 3 aliphatic rings. The first-order valence-corrected chi connectivity index (χ1v) is 13.0. The molecule has 0 spiro atoms. The van der Waals surface area contributed by atoms with Gasteiger partial charge in [-0.25, -0.2) is 0 Å². The lowest BCUT2D eigenvalue weighted by Gasteiger charge is -2.50. The van der Waals surface area contributed by atoms with Crippen LogP contribution >= 0.6 is 0 Å². The summed E-state index contributed by atoms with van der Waals surface area (Å²) >= 11 is 0. The van der Waals surface area contributed by atoms with Crippen molar-refractivity contribution in [3.63, 3.8) is 0 Å². The monoisotopic (exact) mass is 535 g/mol. The van der Waals surface area contributed by atoms with E-state index in [0.29, 0.717) is 18.4 Å². The molecule has 10 heteroatoms. The zero-order valence-corrected chi connectivity index (χ0v) is 22.1. The Morgan fingerprint density at radius 2 is 1.87 bits per heavy atom. The second kappa shape index (κ2) is 9.39. The van der Waals surface area contributed by atoms with Gasteiger partial charge in [-0.15, -0.1) is 0 Å².